The van der Waals surface area contributed by atoms with Gasteiger partial charge in [0.05, 0.1) is 23.6 Å². The van der Waals surface area contributed by atoms with Crippen LogP contribution in [0.15, 0.2) is 52.3 Å². The molecule has 4 heteroatoms. The van der Waals surface area contributed by atoms with E-state index in [2.05, 4.69) is 0 Å². The van der Waals surface area contributed by atoms with Crippen LogP contribution in [0.25, 0.3) is 0 Å². The Morgan fingerprint density at radius 1 is 1.22 bits per heavy atom. The first-order valence-corrected chi connectivity index (χ1v) is 6.06. The van der Waals surface area contributed by atoms with Gasteiger partial charge in [0.1, 0.15) is 11.6 Å². The Labute approximate surface area is 109 Å². The van der Waals surface area contributed by atoms with Gasteiger partial charge in [0, 0.05) is 4.90 Å². The normalized spacial score (nSPS) is 9.83. The fourth-order valence-corrected chi connectivity index (χ4v) is 2.53. The Kier molecular flexibility index (Phi) is 3.85. The lowest BCUT2D eigenvalue weighted by Gasteiger charge is -2.07. The average Bonchev–Trinajstić information content (AvgIpc) is 2.38. The maximum atomic E-state index is 13.3. The molecule has 0 N–H and O–H groups in total. The van der Waals surface area contributed by atoms with E-state index in [1.165, 1.54) is 23.9 Å². The third kappa shape index (κ3) is 2.82. The third-order valence-corrected chi connectivity index (χ3v) is 3.33. The van der Waals surface area contributed by atoms with Gasteiger partial charge in [-0.2, -0.15) is 5.26 Å². The molecule has 0 radical (unpaired) electrons. The largest absolute Gasteiger partial charge is 0.496 e. The van der Waals surface area contributed by atoms with Crippen molar-refractivity contribution in [1.29, 1.82) is 5.26 Å². The molecule has 0 atom stereocenters. The minimum atomic E-state index is -0.411. The standard InChI is InChI=1S/C14H10FNOS/c1-17-13-4-2-3-5-14(13)18-12-7-10(9-16)6-11(15)8-12/h2-8H,1H3. The van der Waals surface area contributed by atoms with E-state index in [0.717, 1.165) is 10.6 Å². The summed E-state index contributed by atoms with van der Waals surface area (Å²) in [4.78, 5) is 1.56. The summed E-state index contributed by atoms with van der Waals surface area (Å²) in [6, 6.07) is 13.7. The third-order valence-electron chi connectivity index (χ3n) is 2.30. The zero-order chi connectivity index (χ0) is 13.0. The van der Waals surface area contributed by atoms with Crippen LogP contribution in [-0.2, 0) is 0 Å². The average molecular weight is 259 g/mol. The molecule has 0 heterocycles. The van der Waals surface area contributed by atoms with Crippen LogP contribution in [0, 0.1) is 17.1 Å². The fourth-order valence-electron chi connectivity index (χ4n) is 1.52. The summed E-state index contributed by atoms with van der Waals surface area (Å²) in [6.07, 6.45) is 0. The molecule has 2 aromatic carbocycles. The Balaban J connectivity index is 2.34. The highest BCUT2D eigenvalue weighted by Gasteiger charge is 2.06. The van der Waals surface area contributed by atoms with Crippen molar-refractivity contribution >= 4 is 11.8 Å². The van der Waals surface area contributed by atoms with Crippen LogP contribution < -0.4 is 4.74 Å². The van der Waals surface area contributed by atoms with E-state index >= 15 is 0 Å². The van der Waals surface area contributed by atoms with Gasteiger partial charge >= 0.3 is 0 Å². The maximum Gasteiger partial charge on any atom is 0.132 e. The van der Waals surface area contributed by atoms with Gasteiger partial charge in [-0.05, 0) is 30.3 Å². The van der Waals surface area contributed by atoms with Crippen molar-refractivity contribution in [3.63, 3.8) is 0 Å². The molecule has 18 heavy (non-hydrogen) atoms. The van der Waals surface area contributed by atoms with E-state index in [-0.39, 0.29) is 0 Å². The zero-order valence-corrected chi connectivity index (χ0v) is 10.5. The molecule has 0 fully saturated rings. The smallest absolute Gasteiger partial charge is 0.132 e. The summed E-state index contributed by atoms with van der Waals surface area (Å²) < 4.78 is 18.5. The first-order valence-electron chi connectivity index (χ1n) is 5.24. The SMILES string of the molecule is COc1ccccc1Sc1cc(F)cc(C#N)c1. The van der Waals surface area contributed by atoms with Gasteiger partial charge in [-0.3, -0.25) is 0 Å². The maximum absolute atomic E-state index is 13.3. The van der Waals surface area contributed by atoms with E-state index in [1.54, 1.807) is 13.2 Å². The number of benzene rings is 2. The van der Waals surface area contributed by atoms with Gasteiger partial charge in [0.15, 0.2) is 0 Å². The van der Waals surface area contributed by atoms with Crippen LogP contribution >= 0.6 is 11.8 Å². The number of nitrogens with zero attached hydrogens (tertiary/aromatic N) is 1. The molecule has 0 aliphatic rings. The predicted octanol–water partition coefficient (Wildman–Crippen LogP) is 3.86. The number of halogens is 1. The fraction of sp³-hybridized carbons (Fsp3) is 0.0714. The number of ether oxygens (including phenoxy) is 1. The number of hydrogen-bond donors (Lipinski definition) is 0. The van der Waals surface area contributed by atoms with Crippen molar-refractivity contribution in [2.75, 3.05) is 7.11 Å². The van der Waals surface area contributed by atoms with E-state index in [1.807, 2.05) is 30.3 Å². The van der Waals surface area contributed by atoms with Crippen LogP contribution in [0.4, 0.5) is 4.39 Å². The van der Waals surface area contributed by atoms with Crippen molar-refractivity contribution < 1.29 is 9.13 Å². The highest BCUT2D eigenvalue weighted by Crippen LogP contribution is 2.35. The van der Waals surface area contributed by atoms with Crippen molar-refractivity contribution in [1.82, 2.24) is 0 Å². The van der Waals surface area contributed by atoms with Crippen molar-refractivity contribution in [3.8, 4) is 11.8 Å². The van der Waals surface area contributed by atoms with Crippen molar-refractivity contribution in [2.45, 2.75) is 9.79 Å². The Hall–Kier alpha value is -1.99. The molecular formula is C14H10FNOS. The van der Waals surface area contributed by atoms with Gasteiger partial charge in [-0.15, -0.1) is 0 Å². The second kappa shape index (κ2) is 5.56. The quantitative estimate of drug-likeness (QED) is 0.839. The Morgan fingerprint density at radius 3 is 2.72 bits per heavy atom. The molecule has 90 valence electrons. The summed E-state index contributed by atoms with van der Waals surface area (Å²) in [5, 5.41) is 8.80. The van der Waals surface area contributed by atoms with Gasteiger partial charge in [-0.1, -0.05) is 23.9 Å². The van der Waals surface area contributed by atoms with Crippen LogP contribution in [0.3, 0.4) is 0 Å². The molecule has 0 unspecified atom stereocenters. The van der Waals surface area contributed by atoms with Crippen LogP contribution in [-0.4, -0.2) is 7.11 Å². The number of rotatable bonds is 3. The van der Waals surface area contributed by atoms with Gasteiger partial charge in [0.2, 0.25) is 0 Å². The van der Waals surface area contributed by atoms with Gasteiger partial charge in [0.25, 0.3) is 0 Å². The van der Waals surface area contributed by atoms with Crippen LogP contribution in [0.5, 0.6) is 5.75 Å². The molecule has 2 rings (SSSR count). The molecule has 0 saturated heterocycles. The topological polar surface area (TPSA) is 33.0 Å². The number of nitriles is 1. The summed E-state index contributed by atoms with van der Waals surface area (Å²) in [6.45, 7) is 0. The molecule has 2 nitrogen and oxygen atoms in total. The molecule has 0 saturated carbocycles. The molecule has 0 spiro atoms. The number of methoxy groups -OCH3 is 1. The molecule has 0 bridgehead atoms. The molecule has 2 aromatic rings. The van der Waals surface area contributed by atoms with Gasteiger partial charge in [-0.25, -0.2) is 4.39 Å². The monoisotopic (exact) mass is 259 g/mol. The highest BCUT2D eigenvalue weighted by atomic mass is 32.2. The predicted molar refractivity (Wildman–Crippen MR) is 68.2 cm³/mol. The van der Waals surface area contributed by atoms with E-state index in [0.29, 0.717) is 10.5 Å². The van der Waals surface area contributed by atoms with Crippen LogP contribution in [0.1, 0.15) is 5.56 Å². The van der Waals surface area contributed by atoms with Crippen LogP contribution in [0.2, 0.25) is 0 Å². The second-order valence-electron chi connectivity index (χ2n) is 3.54. The van der Waals surface area contributed by atoms with E-state index < -0.39 is 5.82 Å². The summed E-state index contributed by atoms with van der Waals surface area (Å²) in [5.74, 6) is 0.316. The van der Waals surface area contributed by atoms with Gasteiger partial charge < -0.3 is 4.74 Å². The molecule has 0 aliphatic heterocycles. The summed E-state index contributed by atoms with van der Waals surface area (Å²) in [7, 11) is 1.59. The van der Waals surface area contributed by atoms with E-state index in [9.17, 15) is 4.39 Å². The second-order valence-corrected chi connectivity index (χ2v) is 4.66. The molecule has 0 amide bonds. The molecule has 0 aliphatic carbocycles. The lowest BCUT2D eigenvalue weighted by atomic mass is 10.2. The highest BCUT2D eigenvalue weighted by molar-refractivity contribution is 7.99. The first kappa shape index (κ1) is 12.5. The molecular weight excluding hydrogens is 249 g/mol. The zero-order valence-electron chi connectivity index (χ0n) is 9.68. The first-order chi connectivity index (χ1) is 8.72. The number of hydrogen-bond acceptors (Lipinski definition) is 3. The Bertz CT molecular complexity index is 607. The lowest BCUT2D eigenvalue weighted by molar-refractivity contribution is 0.405. The molecule has 0 aromatic heterocycles. The van der Waals surface area contributed by atoms with Crippen molar-refractivity contribution in [3.05, 3.63) is 53.8 Å². The minimum Gasteiger partial charge on any atom is -0.496 e. The Morgan fingerprint density at radius 2 is 2.00 bits per heavy atom. The summed E-state index contributed by atoms with van der Waals surface area (Å²) >= 11 is 1.37. The minimum absolute atomic E-state index is 0.312. The lowest BCUT2D eigenvalue weighted by Crippen LogP contribution is -1.86. The van der Waals surface area contributed by atoms with Crippen molar-refractivity contribution in [2.24, 2.45) is 0 Å². The van der Waals surface area contributed by atoms with E-state index in [4.69, 9.17) is 10.00 Å². The number of para-hydroxylation sites is 1. The summed E-state index contributed by atoms with van der Waals surface area (Å²) in [5.41, 5.74) is 0.312.